The van der Waals surface area contributed by atoms with E-state index in [1.54, 1.807) is 6.92 Å². The predicted octanol–water partition coefficient (Wildman–Crippen LogP) is 3.61. The van der Waals surface area contributed by atoms with Crippen LogP contribution in [0.25, 0.3) is 0 Å². The number of ether oxygens (including phenoxy) is 3. The largest absolute Gasteiger partial charge is 0.493 e. The minimum Gasteiger partial charge on any atom is -0.493 e. The van der Waals surface area contributed by atoms with Crippen molar-refractivity contribution in [3.8, 4) is 11.5 Å². The number of methoxy groups -OCH3 is 2. The molecule has 0 aromatic heterocycles. The number of hydrogen-bond donors (Lipinski definition) is 1. The number of nitrogens with zero attached hydrogens (tertiary/aromatic N) is 1. The maximum Gasteiger partial charge on any atom is 0.387 e. The Labute approximate surface area is 162 Å². The van der Waals surface area contributed by atoms with Crippen LogP contribution in [0.1, 0.15) is 38.3 Å². The molecule has 154 valence electrons. The van der Waals surface area contributed by atoms with Crippen molar-refractivity contribution >= 4 is 12.0 Å². The van der Waals surface area contributed by atoms with Crippen molar-refractivity contribution in [1.82, 2.24) is 10.2 Å². The number of esters is 1. The molecule has 2 amide bonds. The van der Waals surface area contributed by atoms with E-state index in [4.69, 9.17) is 9.47 Å². The van der Waals surface area contributed by atoms with Crippen LogP contribution in [0.15, 0.2) is 29.5 Å². The average Bonchev–Trinajstić information content (AvgIpc) is 2.66. The van der Waals surface area contributed by atoms with E-state index in [0.717, 1.165) is 12.8 Å². The molecule has 0 aliphatic carbocycles. The fourth-order valence-electron chi connectivity index (χ4n) is 3.05. The van der Waals surface area contributed by atoms with E-state index in [1.165, 1.54) is 37.3 Å². The van der Waals surface area contributed by atoms with E-state index >= 15 is 0 Å². The summed E-state index contributed by atoms with van der Waals surface area (Å²) in [4.78, 5) is 26.5. The fourth-order valence-corrected chi connectivity index (χ4v) is 3.05. The molecule has 7 nitrogen and oxygen atoms in total. The fraction of sp³-hybridized carbons (Fsp3) is 0.474. The average molecular weight is 398 g/mol. The van der Waals surface area contributed by atoms with Gasteiger partial charge < -0.3 is 19.5 Å². The van der Waals surface area contributed by atoms with E-state index < -0.39 is 18.6 Å². The summed E-state index contributed by atoms with van der Waals surface area (Å²) in [5.74, 6) is -0.675. The normalized spacial score (nSPS) is 16.9. The van der Waals surface area contributed by atoms with Crippen LogP contribution in [0.2, 0.25) is 0 Å². The van der Waals surface area contributed by atoms with Crippen LogP contribution in [0.5, 0.6) is 11.5 Å². The van der Waals surface area contributed by atoms with Crippen LogP contribution in [0, 0.1) is 0 Å². The van der Waals surface area contributed by atoms with E-state index in [0.29, 0.717) is 17.8 Å². The molecule has 1 N–H and O–H groups in total. The second-order valence-corrected chi connectivity index (χ2v) is 6.17. The number of carbonyl (C=O) groups is 2. The van der Waals surface area contributed by atoms with Crippen molar-refractivity contribution in [3.63, 3.8) is 0 Å². The second kappa shape index (κ2) is 9.38. The highest BCUT2D eigenvalue weighted by Crippen LogP contribution is 2.36. The van der Waals surface area contributed by atoms with E-state index in [1.807, 2.05) is 6.92 Å². The first-order valence-corrected chi connectivity index (χ1v) is 8.83. The molecular weight excluding hydrogens is 374 g/mol. The summed E-state index contributed by atoms with van der Waals surface area (Å²) in [5, 5.41) is 2.78. The third-order valence-electron chi connectivity index (χ3n) is 4.47. The zero-order valence-electron chi connectivity index (χ0n) is 16.3. The predicted molar refractivity (Wildman–Crippen MR) is 97.2 cm³/mol. The van der Waals surface area contributed by atoms with Crippen LogP contribution in [0.4, 0.5) is 13.6 Å². The van der Waals surface area contributed by atoms with Crippen LogP contribution in [-0.2, 0) is 9.53 Å². The number of hydrogen-bond acceptors (Lipinski definition) is 5. The number of urea groups is 1. The first-order chi connectivity index (χ1) is 13.3. The van der Waals surface area contributed by atoms with Crippen molar-refractivity contribution in [2.24, 2.45) is 0 Å². The Morgan fingerprint density at radius 2 is 2.00 bits per heavy atom. The Balaban J connectivity index is 2.49. The molecule has 1 aliphatic rings. The Hall–Kier alpha value is -2.84. The number of amides is 2. The van der Waals surface area contributed by atoms with Crippen LogP contribution in [0.3, 0.4) is 0 Å². The highest BCUT2D eigenvalue weighted by Gasteiger charge is 2.36. The van der Waals surface area contributed by atoms with Crippen molar-refractivity contribution in [2.45, 2.75) is 39.3 Å². The lowest BCUT2D eigenvalue weighted by atomic mass is 9.94. The van der Waals surface area contributed by atoms with Gasteiger partial charge in [-0.2, -0.15) is 8.78 Å². The first kappa shape index (κ1) is 21.5. The van der Waals surface area contributed by atoms with Gasteiger partial charge in [-0.15, -0.1) is 0 Å². The summed E-state index contributed by atoms with van der Waals surface area (Å²) >= 11 is 0. The summed E-state index contributed by atoms with van der Waals surface area (Å²) in [6.45, 7) is 1.14. The zero-order chi connectivity index (χ0) is 20.8. The van der Waals surface area contributed by atoms with Gasteiger partial charge in [-0.25, -0.2) is 9.59 Å². The molecule has 1 atom stereocenters. The highest BCUT2D eigenvalue weighted by atomic mass is 19.3. The minimum absolute atomic E-state index is 0.0577. The molecule has 9 heteroatoms. The summed E-state index contributed by atoms with van der Waals surface area (Å²) in [5.41, 5.74) is 1.23. The van der Waals surface area contributed by atoms with Crippen molar-refractivity contribution in [1.29, 1.82) is 0 Å². The SMILES string of the molecule is CCCCN1C(=O)N[C@H](c2ccc(OC(F)F)c(OC)c2)C(C(=O)OC)=C1C. The molecule has 0 saturated heterocycles. The monoisotopic (exact) mass is 398 g/mol. The molecule has 0 saturated carbocycles. The van der Waals surface area contributed by atoms with E-state index in [-0.39, 0.29) is 23.1 Å². The standard InChI is InChI=1S/C19H24F2N2O5/c1-5-6-9-23-11(2)15(17(24)27-4)16(22-19(23)25)12-7-8-13(28-18(20)21)14(10-12)26-3/h7-8,10,16,18H,5-6,9H2,1-4H3,(H,22,25)/t16-/m1/s1. The van der Waals surface area contributed by atoms with Crippen molar-refractivity contribution in [2.75, 3.05) is 20.8 Å². The second-order valence-electron chi connectivity index (χ2n) is 6.17. The molecular formula is C19H24F2N2O5. The topological polar surface area (TPSA) is 77.1 Å². The third-order valence-corrected chi connectivity index (χ3v) is 4.47. The van der Waals surface area contributed by atoms with Gasteiger partial charge in [-0.3, -0.25) is 4.90 Å². The van der Waals surface area contributed by atoms with Gasteiger partial charge in [-0.1, -0.05) is 19.4 Å². The molecule has 2 rings (SSSR count). The molecule has 1 heterocycles. The maximum atomic E-state index is 12.6. The van der Waals surface area contributed by atoms with Gasteiger partial charge in [0.15, 0.2) is 11.5 Å². The molecule has 0 spiro atoms. The molecule has 1 aromatic carbocycles. The summed E-state index contributed by atoms with van der Waals surface area (Å²) in [7, 11) is 2.57. The summed E-state index contributed by atoms with van der Waals surface area (Å²) < 4.78 is 39.5. The van der Waals surface area contributed by atoms with Crippen LogP contribution >= 0.6 is 0 Å². The van der Waals surface area contributed by atoms with Crippen molar-refractivity contribution < 1.29 is 32.6 Å². The maximum absolute atomic E-state index is 12.6. The highest BCUT2D eigenvalue weighted by molar-refractivity contribution is 5.95. The number of nitrogens with one attached hydrogen (secondary N) is 1. The van der Waals surface area contributed by atoms with Gasteiger partial charge in [0.1, 0.15) is 0 Å². The van der Waals surface area contributed by atoms with E-state index in [9.17, 15) is 18.4 Å². The third kappa shape index (κ3) is 4.52. The van der Waals surface area contributed by atoms with Gasteiger partial charge in [0.05, 0.1) is 25.8 Å². The van der Waals surface area contributed by atoms with Crippen LogP contribution < -0.4 is 14.8 Å². The lowest BCUT2D eigenvalue weighted by Gasteiger charge is -2.35. The molecule has 0 radical (unpaired) electrons. The number of rotatable bonds is 8. The Bertz CT molecular complexity index is 767. The van der Waals surface area contributed by atoms with Crippen LogP contribution in [-0.4, -0.2) is 44.3 Å². The van der Waals surface area contributed by atoms with Gasteiger partial charge in [0, 0.05) is 12.2 Å². The number of alkyl halides is 2. The number of halogens is 2. The number of benzene rings is 1. The molecule has 1 aromatic rings. The minimum atomic E-state index is -3.01. The number of unbranched alkanes of at least 4 members (excludes halogenated alkanes) is 1. The lowest BCUT2D eigenvalue weighted by Crippen LogP contribution is -2.48. The molecule has 0 bridgehead atoms. The van der Waals surface area contributed by atoms with Gasteiger partial charge in [-0.05, 0) is 31.0 Å². The Morgan fingerprint density at radius 3 is 2.57 bits per heavy atom. The summed E-state index contributed by atoms with van der Waals surface area (Å²) in [6.07, 6.45) is 1.66. The van der Waals surface area contributed by atoms with Crippen molar-refractivity contribution in [3.05, 3.63) is 35.0 Å². The molecule has 28 heavy (non-hydrogen) atoms. The molecule has 0 fully saturated rings. The van der Waals surface area contributed by atoms with Gasteiger partial charge >= 0.3 is 18.6 Å². The van der Waals surface area contributed by atoms with Gasteiger partial charge in [0.25, 0.3) is 0 Å². The quantitative estimate of drug-likeness (QED) is 0.677. The Morgan fingerprint density at radius 1 is 1.29 bits per heavy atom. The summed E-state index contributed by atoms with van der Waals surface area (Å²) in [6, 6.07) is 3.08. The van der Waals surface area contributed by atoms with E-state index in [2.05, 4.69) is 10.1 Å². The molecule has 0 unspecified atom stereocenters. The smallest absolute Gasteiger partial charge is 0.387 e. The Kier molecular flexibility index (Phi) is 7.19. The van der Waals surface area contributed by atoms with Gasteiger partial charge in [0.2, 0.25) is 0 Å². The number of allylic oxidation sites excluding steroid dienone is 1. The molecule has 1 aliphatic heterocycles. The lowest BCUT2D eigenvalue weighted by molar-refractivity contribution is -0.136. The zero-order valence-corrected chi connectivity index (χ0v) is 16.3. The number of carbonyl (C=O) groups excluding carboxylic acids is 2. The first-order valence-electron chi connectivity index (χ1n) is 8.83.